The lowest BCUT2D eigenvalue weighted by atomic mass is 10.4. The van der Waals surface area contributed by atoms with E-state index in [0.717, 1.165) is 6.42 Å². The largest absolute Gasteiger partial charge is 0.118 e. The van der Waals surface area contributed by atoms with Gasteiger partial charge in [-0.05, 0) is 20.3 Å². The Kier molecular flexibility index (Phi) is 0.907. The molecule has 42 valence electrons. The van der Waals surface area contributed by atoms with Crippen molar-refractivity contribution in [1.29, 1.82) is 0 Å². The molecule has 2 unspecified atom stereocenters. The van der Waals surface area contributed by atoms with Gasteiger partial charge in [-0.3, -0.25) is 0 Å². The van der Waals surface area contributed by atoms with Crippen LogP contribution in [0.1, 0.15) is 20.3 Å². The minimum atomic E-state index is -0.117. The van der Waals surface area contributed by atoms with Gasteiger partial charge in [0.15, 0.2) is 0 Å². The maximum absolute atomic E-state index is 5.80. The summed E-state index contributed by atoms with van der Waals surface area (Å²) < 4.78 is 0. The molecule has 0 nitrogen and oxygen atoms in total. The van der Waals surface area contributed by atoms with Gasteiger partial charge in [0.1, 0.15) is 0 Å². The fraction of sp³-hybridized carbons (Fsp3) is 1.00. The van der Waals surface area contributed by atoms with Crippen molar-refractivity contribution in [2.75, 3.05) is 0 Å². The number of hydrogen-bond acceptors (Lipinski definition) is 0. The Bertz CT molecular complexity index is 82.3. The molecule has 0 aromatic carbocycles. The summed E-state index contributed by atoms with van der Waals surface area (Å²) in [6.45, 7) is 3.92. The second-order valence-corrected chi connectivity index (χ2v) is 4.24. The van der Waals surface area contributed by atoms with Crippen LogP contribution in [0, 0.1) is 0 Å². The fourth-order valence-electron chi connectivity index (χ4n) is 0.579. The SMILES string of the molecule is CC1(Cl)CC1(C)Cl. The van der Waals surface area contributed by atoms with Crippen molar-refractivity contribution in [3.8, 4) is 0 Å². The van der Waals surface area contributed by atoms with Crippen molar-refractivity contribution >= 4 is 23.2 Å². The summed E-state index contributed by atoms with van der Waals surface area (Å²) in [6.07, 6.45) is 0.934. The average Bonchev–Trinajstić information content (AvgIpc) is 1.63. The molecule has 2 atom stereocenters. The van der Waals surface area contributed by atoms with Gasteiger partial charge in [-0.1, -0.05) is 0 Å². The fourth-order valence-corrected chi connectivity index (χ4v) is 1.18. The maximum atomic E-state index is 5.80. The van der Waals surface area contributed by atoms with Crippen LogP contribution in [0.2, 0.25) is 0 Å². The van der Waals surface area contributed by atoms with Crippen molar-refractivity contribution in [3.05, 3.63) is 0 Å². The molecule has 0 radical (unpaired) electrons. The number of hydrogen-bond donors (Lipinski definition) is 0. The lowest BCUT2D eigenvalue weighted by Gasteiger charge is -1.99. The molecular weight excluding hydrogens is 131 g/mol. The van der Waals surface area contributed by atoms with Crippen molar-refractivity contribution in [2.45, 2.75) is 30.0 Å². The van der Waals surface area contributed by atoms with E-state index in [-0.39, 0.29) is 9.75 Å². The van der Waals surface area contributed by atoms with E-state index in [1.54, 1.807) is 0 Å². The monoisotopic (exact) mass is 138 g/mol. The zero-order valence-corrected chi connectivity index (χ0v) is 5.97. The van der Waals surface area contributed by atoms with Gasteiger partial charge in [-0.15, -0.1) is 23.2 Å². The van der Waals surface area contributed by atoms with Crippen LogP contribution >= 0.6 is 23.2 Å². The number of alkyl halides is 2. The Morgan fingerprint density at radius 3 is 1.29 bits per heavy atom. The Morgan fingerprint density at radius 1 is 1.14 bits per heavy atom. The smallest absolute Gasteiger partial charge is 0.0625 e. The number of rotatable bonds is 0. The summed E-state index contributed by atoms with van der Waals surface area (Å²) in [5.41, 5.74) is 0. The zero-order valence-electron chi connectivity index (χ0n) is 4.46. The molecule has 0 aromatic heterocycles. The first-order chi connectivity index (χ1) is 2.96. The first-order valence-electron chi connectivity index (χ1n) is 2.34. The highest BCUT2D eigenvalue weighted by Gasteiger charge is 2.59. The predicted molar refractivity (Wildman–Crippen MR) is 33.1 cm³/mol. The Hall–Kier alpha value is 0.580. The van der Waals surface area contributed by atoms with Crippen LogP contribution in [-0.4, -0.2) is 9.75 Å². The summed E-state index contributed by atoms with van der Waals surface area (Å²) >= 11 is 11.6. The van der Waals surface area contributed by atoms with Crippen LogP contribution in [0.4, 0.5) is 0 Å². The van der Waals surface area contributed by atoms with Crippen molar-refractivity contribution in [1.82, 2.24) is 0 Å². The summed E-state index contributed by atoms with van der Waals surface area (Å²) in [5.74, 6) is 0. The minimum Gasteiger partial charge on any atom is -0.118 e. The molecule has 0 spiro atoms. The van der Waals surface area contributed by atoms with Gasteiger partial charge < -0.3 is 0 Å². The molecule has 0 heterocycles. The maximum Gasteiger partial charge on any atom is 0.0625 e. The zero-order chi connectivity index (χ0) is 5.71. The lowest BCUT2D eigenvalue weighted by molar-refractivity contribution is 0.905. The van der Waals surface area contributed by atoms with E-state index < -0.39 is 0 Å². The van der Waals surface area contributed by atoms with Crippen LogP contribution in [-0.2, 0) is 0 Å². The van der Waals surface area contributed by atoms with Gasteiger partial charge in [-0.25, -0.2) is 0 Å². The molecule has 1 rings (SSSR count). The highest BCUT2D eigenvalue weighted by Crippen LogP contribution is 2.57. The van der Waals surface area contributed by atoms with Crippen LogP contribution in [0.15, 0.2) is 0 Å². The van der Waals surface area contributed by atoms with E-state index in [1.165, 1.54) is 0 Å². The van der Waals surface area contributed by atoms with E-state index in [2.05, 4.69) is 0 Å². The molecule has 0 amide bonds. The number of halogens is 2. The Labute approximate surface area is 53.8 Å². The van der Waals surface area contributed by atoms with Gasteiger partial charge in [0, 0.05) is 0 Å². The van der Waals surface area contributed by atoms with Gasteiger partial charge >= 0.3 is 0 Å². The predicted octanol–water partition coefficient (Wildman–Crippen LogP) is 2.39. The highest BCUT2D eigenvalue weighted by atomic mass is 35.5. The van der Waals surface area contributed by atoms with Crippen molar-refractivity contribution in [3.63, 3.8) is 0 Å². The summed E-state index contributed by atoms with van der Waals surface area (Å²) in [6, 6.07) is 0. The topological polar surface area (TPSA) is 0 Å². The lowest BCUT2D eigenvalue weighted by Crippen LogP contribution is -2.03. The molecule has 0 aromatic rings. The van der Waals surface area contributed by atoms with Crippen LogP contribution in [0.3, 0.4) is 0 Å². The van der Waals surface area contributed by atoms with Gasteiger partial charge in [0.25, 0.3) is 0 Å². The molecule has 1 aliphatic rings. The molecule has 1 fully saturated rings. The quantitative estimate of drug-likeness (QED) is 0.452. The first kappa shape index (κ1) is 5.71. The summed E-state index contributed by atoms with van der Waals surface area (Å²) in [5, 5.41) is 0. The van der Waals surface area contributed by atoms with Gasteiger partial charge in [0.05, 0.1) is 9.75 Å². The van der Waals surface area contributed by atoms with Gasteiger partial charge in [-0.2, -0.15) is 0 Å². The van der Waals surface area contributed by atoms with Crippen LogP contribution < -0.4 is 0 Å². The molecule has 0 saturated heterocycles. The summed E-state index contributed by atoms with van der Waals surface area (Å²) in [4.78, 5) is -0.233. The third kappa shape index (κ3) is 0.748. The van der Waals surface area contributed by atoms with E-state index in [9.17, 15) is 0 Å². The highest BCUT2D eigenvalue weighted by molar-refractivity contribution is 6.39. The molecule has 7 heavy (non-hydrogen) atoms. The molecule has 2 heteroatoms. The van der Waals surface area contributed by atoms with E-state index in [0.29, 0.717) is 0 Å². The van der Waals surface area contributed by atoms with Crippen LogP contribution in [0.25, 0.3) is 0 Å². The average molecular weight is 139 g/mol. The second-order valence-electron chi connectivity index (χ2n) is 2.57. The molecule has 1 saturated carbocycles. The molecular formula is C5H8Cl2. The Balaban J connectivity index is 2.59. The van der Waals surface area contributed by atoms with E-state index >= 15 is 0 Å². The van der Waals surface area contributed by atoms with E-state index in [1.807, 2.05) is 13.8 Å². The van der Waals surface area contributed by atoms with Crippen molar-refractivity contribution in [2.24, 2.45) is 0 Å². The van der Waals surface area contributed by atoms with Crippen LogP contribution in [0.5, 0.6) is 0 Å². The minimum absolute atomic E-state index is 0.117. The van der Waals surface area contributed by atoms with E-state index in [4.69, 9.17) is 23.2 Å². The Morgan fingerprint density at radius 2 is 1.29 bits per heavy atom. The normalized spacial score (nSPS) is 60.0. The molecule has 1 aliphatic carbocycles. The van der Waals surface area contributed by atoms with Crippen molar-refractivity contribution < 1.29 is 0 Å². The standard InChI is InChI=1S/C5H8Cl2/c1-4(6)3-5(4,2)7/h3H2,1-2H3. The molecule has 0 aliphatic heterocycles. The first-order valence-corrected chi connectivity index (χ1v) is 3.09. The third-order valence-corrected chi connectivity index (χ3v) is 2.82. The molecule has 0 N–H and O–H groups in total. The third-order valence-electron chi connectivity index (χ3n) is 1.63. The summed E-state index contributed by atoms with van der Waals surface area (Å²) in [7, 11) is 0. The molecule has 0 bridgehead atoms. The second kappa shape index (κ2) is 1.11. The van der Waals surface area contributed by atoms with Gasteiger partial charge in [0.2, 0.25) is 0 Å².